The first-order valence-corrected chi connectivity index (χ1v) is 6.58. The highest BCUT2D eigenvalue weighted by Crippen LogP contribution is 2.29. The first kappa shape index (κ1) is 11.3. The summed E-state index contributed by atoms with van der Waals surface area (Å²) >= 11 is 1.73. The van der Waals surface area contributed by atoms with Gasteiger partial charge in [0.1, 0.15) is 0 Å². The fourth-order valence-electron chi connectivity index (χ4n) is 1.92. The number of hydrogen-bond donors (Lipinski definition) is 1. The largest absolute Gasteiger partial charge is 0.326 e. The van der Waals surface area contributed by atoms with Crippen LogP contribution in [0.5, 0.6) is 0 Å². The zero-order valence-electron chi connectivity index (χ0n) is 10.1. The molecule has 18 heavy (non-hydrogen) atoms. The Morgan fingerprint density at radius 2 is 2.11 bits per heavy atom. The van der Waals surface area contributed by atoms with Crippen LogP contribution >= 0.6 is 11.3 Å². The van der Waals surface area contributed by atoms with Gasteiger partial charge in [-0.2, -0.15) is 0 Å². The summed E-state index contributed by atoms with van der Waals surface area (Å²) in [4.78, 5) is 10.0. The highest BCUT2D eigenvalue weighted by Gasteiger charge is 2.06. The smallest absolute Gasteiger partial charge is 0.0811 e. The van der Waals surface area contributed by atoms with Gasteiger partial charge in [-0.1, -0.05) is 6.07 Å². The molecule has 0 spiro atoms. The van der Waals surface area contributed by atoms with Crippen molar-refractivity contribution in [2.24, 2.45) is 10.7 Å². The molecule has 0 amide bonds. The molecule has 3 rings (SSSR count). The van der Waals surface area contributed by atoms with E-state index in [1.54, 1.807) is 18.4 Å². The number of aromatic nitrogens is 1. The van der Waals surface area contributed by atoms with Gasteiger partial charge < -0.3 is 5.73 Å². The average Bonchev–Trinajstić information content (AvgIpc) is 2.43. The van der Waals surface area contributed by atoms with Crippen molar-refractivity contribution in [1.29, 1.82) is 0 Å². The third kappa shape index (κ3) is 1.89. The number of nitrogens with zero attached hydrogens (tertiary/aromatic N) is 2. The van der Waals surface area contributed by atoms with Crippen LogP contribution in [-0.2, 0) is 6.54 Å². The maximum atomic E-state index is 5.67. The number of rotatable bonds is 1. The average molecular weight is 255 g/mol. The van der Waals surface area contributed by atoms with Crippen molar-refractivity contribution in [3.8, 4) is 10.6 Å². The van der Waals surface area contributed by atoms with E-state index in [1.807, 2.05) is 24.3 Å². The Morgan fingerprint density at radius 1 is 1.22 bits per heavy atom. The van der Waals surface area contributed by atoms with Crippen molar-refractivity contribution < 1.29 is 0 Å². The normalized spacial score (nSPS) is 12.4. The molecule has 1 aromatic rings. The van der Waals surface area contributed by atoms with Crippen molar-refractivity contribution in [2.75, 3.05) is 7.05 Å². The summed E-state index contributed by atoms with van der Waals surface area (Å²) in [5.41, 5.74) is 8.84. The Morgan fingerprint density at radius 3 is 2.89 bits per heavy atom. The first-order valence-electron chi connectivity index (χ1n) is 5.76. The lowest BCUT2D eigenvalue weighted by Gasteiger charge is -2.06. The zero-order chi connectivity index (χ0) is 12.5. The maximum Gasteiger partial charge on any atom is 0.0811 e. The van der Waals surface area contributed by atoms with Crippen LogP contribution in [0.25, 0.3) is 20.8 Å². The number of fused-ring (bicyclic) bond motifs is 2. The van der Waals surface area contributed by atoms with E-state index >= 15 is 0 Å². The second kappa shape index (κ2) is 4.48. The van der Waals surface area contributed by atoms with Gasteiger partial charge in [0, 0.05) is 13.6 Å². The van der Waals surface area contributed by atoms with Crippen LogP contribution in [0.3, 0.4) is 0 Å². The summed E-state index contributed by atoms with van der Waals surface area (Å²) in [6, 6.07) is 12.3. The summed E-state index contributed by atoms with van der Waals surface area (Å²) < 4.78 is 1.17. The topological polar surface area (TPSA) is 51.3 Å². The molecule has 0 bridgehead atoms. The summed E-state index contributed by atoms with van der Waals surface area (Å²) in [6.07, 6.45) is 0. The van der Waals surface area contributed by atoms with Gasteiger partial charge in [-0.15, -0.1) is 11.3 Å². The van der Waals surface area contributed by atoms with Crippen LogP contribution in [0.1, 0.15) is 5.56 Å². The van der Waals surface area contributed by atoms with Crippen LogP contribution in [0, 0.1) is 0 Å². The van der Waals surface area contributed by atoms with Crippen molar-refractivity contribution in [3.63, 3.8) is 0 Å². The lowest BCUT2D eigenvalue weighted by atomic mass is 10.2. The van der Waals surface area contributed by atoms with Crippen molar-refractivity contribution in [1.82, 2.24) is 4.98 Å². The molecular weight excluding hydrogens is 242 g/mol. The van der Waals surface area contributed by atoms with Crippen LogP contribution in [0.15, 0.2) is 41.4 Å². The van der Waals surface area contributed by atoms with Gasteiger partial charge in [0.05, 0.1) is 26.1 Å². The summed E-state index contributed by atoms with van der Waals surface area (Å²) in [5, 5.41) is 0.981. The third-order valence-electron chi connectivity index (χ3n) is 2.92. The van der Waals surface area contributed by atoms with Crippen LogP contribution in [0.2, 0.25) is 0 Å². The molecule has 0 fully saturated rings. The standard InChI is InChI=1S/C14H13N3S/c1-16-10-3-5-12-14(7-10)18-13-6-9(8-15)2-4-11(13)17-12/h2-7H,8,15H2,1H3/b16-10+. The molecule has 2 N–H and O–H groups in total. The fourth-order valence-corrected chi connectivity index (χ4v) is 2.99. The van der Waals surface area contributed by atoms with E-state index in [2.05, 4.69) is 22.1 Å². The first-order chi connectivity index (χ1) is 8.80. The second-order valence-electron chi connectivity index (χ2n) is 4.10. The lowest BCUT2D eigenvalue weighted by molar-refractivity contribution is 1.08. The Balaban J connectivity index is 2.34. The third-order valence-corrected chi connectivity index (χ3v) is 4.02. The van der Waals surface area contributed by atoms with Crippen LogP contribution < -0.4 is 11.1 Å². The highest BCUT2D eigenvalue weighted by molar-refractivity contribution is 7.21. The molecule has 90 valence electrons. The van der Waals surface area contributed by atoms with E-state index in [-0.39, 0.29) is 0 Å². The molecule has 1 aliphatic carbocycles. The maximum absolute atomic E-state index is 5.67. The van der Waals surface area contributed by atoms with Gasteiger partial charge in [-0.3, -0.25) is 4.99 Å². The van der Waals surface area contributed by atoms with Crippen molar-refractivity contribution >= 4 is 21.6 Å². The Labute approximate surface area is 109 Å². The monoisotopic (exact) mass is 255 g/mol. The van der Waals surface area contributed by atoms with Gasteiger partial charge in [0.15, 0.2) is 0 Å². The molecule has 0 radical (unpaired) electrons. The molecular formula is C14H13N3S. The Bertz CT molecular complexity index is 746. The van der Waals surface area contributed by atoms with Gasteiger partial charge >= 0.3 is 0 Å². The quantitative estimate of drug-likeness (QED) is 0.679. The van der Waals surface area contributed by atoms with Crippen LogP contribution in [-0.4, -0.2) is 12.0 Å². The minimum Gasteiger partial charge on any atom is -0.326 e. The number of benzene rings is 2. The lowest BCUT2D eigenvalue weighted by Crippen LogP contribution is -2.01. The van der Waals surface area contributed by atoms with Gasteiger partial charge in [0.25, 0.3) is 0 Å². The molecule has 2 aliphatic rings. The van der Waals surface area contributed by atoms with Crippen LogP contribution in [0.4, 0.5) is 0 Å². The molecule has 1 heterocycles. The van der Waals surface area contributed by atoms with E-state index in [0.29, 0.717) is 6.54 Å². The molecule has 3 nitrogen and oxygen atoms in total. The van der Waals surface area contributed by atoms with Crippen molar-refractivity contribution in [3.05, 3.63) is 47.3 Å². The number of hydrogen-bond acceptors (Lipinski definition) is 4. The van der Waals surface area contributed by atoms with E-state index in [4.69, 9.17) is 5.73 Å². The molecule has 0 unspecified atom stereocenters. The molecule has 4 heteroatoms. The van der Waals surface area contributed by atoms with E-state index in [1.165, 1.54) is 4.70 Å². The van der Waals surface area contributed by atoms with Gasteiger partial charge in [-0.25, -0.2) is 4.98 Å². The minimum absolute atomic E-state index is 0.561. The molecule has 0 saturated carbocycles. The van der Waals surface area contributed by atoms with Crippen molar-refractivity contribution in [2.45, 2.75) is 6.54 Å². The summed E-state index contributed by atoms with van der Waals surface area (Å²) in [6.45, 7) is 0.561. The second-order valence-corrected chi connectivity index (χ2v) is 5.18. The molecule has 0 saturated heterocycles. The molecule has 1 aromatic carbocycles. The summed E-state index contributed by atoms with van der Waals surface area (Å²) in [7, 11) is 1.80. The minimum atomic E-state index is 0.561. The van der Waals surface area contributed by atoms with E-state index < -0.39 is 0 Å². The Kier molecular flexibility index (Phi) is 2.81. The van der Waals surface area contributed by atoms with Gasteiger partial charge in [-0.05, 0) is 35.9 Å². The number of nitrogens with two attached hydrogens (primary N) is 1. The van der Waals surface area contributed by atoms with E-state index in [0.717, 1.165) is 27.0 Å². The van der Waals surface area contributed by atoms with Gasteiger partial charge in [0.2, 0.25) is 0 Å². The fraction of sp³-hybridized carbons (Fsp3) is 0.143. The zero-order valence-corrected chi connectivity index (χ0v) is 10.9. The van der Waals surface area contributed by atoms with E-state index in [9.17, 15) is 0 Å². The Hall–Kier alpha value is -1.78. The predicted molar refractivity (Wildman–Crippen MR) is 75.6 cm³/mol. The molecule has 0 atom stereocenters. The molecule has 1 aliphatic heterocycles. The highest BCUT2D eigenvalue weighted by atomic mass is 32.1. The molecule has 0 aromatic heterocycles. The predicted octanol–water partition coefficient (Wildman–Crippen LogP) is 2.39. The SMILES string of the molecule is C/N=c1\ccc2nc3ccc(CN)cc3sc-2c1. The summed E-state index contributed by atoms with van der Waals surface area (Å²) in [5.74, 6) is 0.